The van der Waals surface area contributed by atoms with E-state index in [0.29, 0.717) is 37.1 Å². The molecule has 2 heterocycles. The number of piperazine rings is 1. The first-order valence-electron chi connectivity index (χ1n) is 9.15. The summed E-state index contributed by atoms with van der Waals surface area (Å²) < 4.78 is 2.56. The highest BCUT2D eigenvalue weighted by Gasteiger charge is 2.28. The molecule has 1 aromatic heterocycles. The molecule has 1 aliphatic heterocycles. The van der Waals surface area contributed by atoms with Crippen molar-refractivity contribution in [2.24, 2.45) is 0 Å². The third-order valence-corrected chi connectivity index (χ3v) is 5.17. The van der Waals surface area contributed by atoms with Crippen molar-refractivity contribution in [3.05, 3.63) is 45.1 Å². The summed E-state index contributed by atoms with van der Waals surface area (Å²) in [5.41, 5.74) is -0.367. The van der Waals surface area contributed by atoms with Gasteiger partial charge in [0.15, 0.2) is 0 Å². The van der Waals surface area contributed by atoms with E-state index in [-0.39, 0.29) is 23.9 Å². The molecule has 2 amide bonds. The molecule has 0 bridgehead atoms. The Balaban J connectivity index is 2.00. The number of carbonyl (C=O) groups excluding carboxylic acids is 2. The molecule has 1 atom stereocenters. The van der Waals surface area contributed by atoms with Crippen LogP contribution in [0, 0.1) is 0 Å². The highest BCUT2D eigenvalue weighted by molar-refractivity contribution is 5.84. The molecule has 2 aromatic rings. The van der Waals surface area contributed by atoms with Gasteiger partial charge in [-0.1, -0.05) is 12.1 Å². The van der Waals surface area contributed by atoms with Gasteiger partial charge in [0.1, 0.15) is 6.04 Å². The molecule has 0 saturated carbocycles. The van der Waals surface area contributed by atoms with Crippen molar-refractivity contribution in [1.29, 1.82) is 0 Å². The summed E-state index contributed by atoms with van der Waals surface area (Å²) >= 11 is 0. The first-order valence-corrected chi connectivity index (χ1v) is 9.15. The number of rotatable bonds is 3. The SMILES string of the molecule is CCn1c(=O)c2ccccc2n(C(C)C(=O)N2CCN(C(C)=O)CC2)c1=O. The van der Waals surface area contributed by atoms with Crippen molar-refractivity contribution < 1.29 is 9.59 Å². The van der Waals surface area contributed by atoms with Gasteiger partial charge >= 0.3 is 5.69 Å². The summed E-state index contributed by atoms with van der Waals surface area (Å²) in [6.45, 7) is 7.00. The molecule has 27 heavy (non-hydrogen) atoms. The normalized spacial score (nSPS) is 15.8. The van der Waals surface area contributed by atoms with Crippen molar-refractivity contribution >= 4 is 22.7 Å². The maximum Gasteiger partial charge on any atom is 0.332 e. The number of fused-ring (bicyclic) bond motifs is 1. The third-order valence-electron chi connectivity index (χ3n) is 5.17. The van der Waals surface area contributed by atoms with E-state index < -0.39 is 11.7 Å². The quantitative estimate of drug-likeness (QED) is 0.782. The zero-order valence-electron chi connectivity index (χ0n) is 15.8. The van der Waals surface area contributed by atoms with E-state index in [1.807, 2.05) is 0 Å². The van der Waals surface area contributed by atoms with Crippen LogP contribution in [0.25, 0.3) is 10.9 Å². The van der Waals surface area contributed by atoms with Gasteiger partial charge in [-0.3, -0.25) is 23.5 Å². The lowest BCUT2D eigenvalue weighted by molar-refractivity contribution is -0.140. The summed E-state index contributed by atoms with van der Waals surface area (Å²) in [6, 6.07) is 6.10. The number of nitrogens with zero attached hydrogens (tertiary/aromatic N) is 4. The Bertz CT molecular complexity index is 999. The van der Waals surface area contributed by atoms with Gasteiger partial charge in [0.25, 0.3) is 5.56 Å². The Kier molecular flexibility index (Phi) is 5.16. The van der Waals surface area contributed by atoms with Crippen LogP contribution in [0.5, 0.6) is 0 Å². The topological polar surface area (TPSA) is 84.6 Å². The van der Waals surface area contributed by atoms with Crippen LogP contribution in [-0.2, 0) is 16.1 Å². The first-order chi connectivity index (χ1) is 12.9. The summed E-state index contributed by atoms with van der Waals surface area (Å²) in [5, 5.41) is 0.417. The van der Waals surface area contributed by atoms with E-state index in [9.17, 15) is 19.2 Å². The van der Waals surface area contributed by atoms with Crippen molar-refractivity contribution in [2.75, 3.05) is 26.2 Å². The molecule has 144 valence electrons. The number of benzene rings is 1. The second kappa shape index (κ2) is 7.38. The average molecular weight is 372 g/mol. The van der Waals surface area contributed by atoms with Crippen LogP contribution in [0.2, 0.25) is 0 Å². The van der Waals surface area contributed by atoms with Crippen LogP contribution in [0.3, 0.4) is 0 Å². The molecule has 1 fully saturated rings. The van der Waals surface area contributed by atoms with Crippen molar-refractivity contribution in [1.82, 2.24) is 18.9 Å². The first kappa shape index (κ1) is 18.9. The molecular formula is C19H24N4O4. The zero-order valence-corrected chi connectivity index (χ0v) is 15.8. The number of para-hydroxylation sites is 1. The fraction of sp³-hybridized carbons (Fsp3) is 0.474. The fourth-order valence-electron chi connectivity index (χ4n) is 3.60. The summed E-state index contributed by atoms with van der Waals surface area (Å²) in [4.78, 5) is 53.3. The minimum Gasteiger partial charge on any atom is -0.339 e. The van der Waals surface area contributed by atoms with Gasteiger partial charge in [-0.2, -0.15) is 0 Å². The standard InChI is InChI=1S/C19H24N4O4/c1-4-22-18(26)15-7-5-6-8-16(15)23(19(22)27)13(2)17(25)21-11-9-20(10-12-21)14(3)24/h5-8,13H,4,9-12H2,1-3H3. The molecule has 8 heteroatoms. The molecule has 3 rings (SSSR count). The molecule has 1 unspecified atom stereocenters. The van der Waals surface area contributed by atoms with Gasteiger partial charge in [0, 0.05) is 39.6 Å². The highest BCUT2D eigenvalue weighted by Crippen LogP contribution is 2.16. The van der Waals surface area contributed by atoms with E-state index in [2.05, 4.69) is 0 Å². The molecule has 8 nitrogen and oxygen atoms in total. The Labute approximate surface area is 156 Å². The van der Waals surface area contributed by atoms with Gasteiger partial charge in [0.05, 0.1) is 10.9 Å². The molecule has 1 saturated heterocycles. The number of aromatic nitrogens is 2. The lowest BCUT2D eigenvalue weighted by atomic mass is 10.2. The fourth-order valence-corrected chi connectivity index (χ4v) is 3.60. The van der Waals surface area contributed by atoms with Crippen LogP contribution in [0.1, 0.15) is 26.8 Å². The number of carbonyl (C=O) groups is 2. The molecule has 1 aliphatic rings. The van der Waals surface area contributed by atoms with Crippen molar-refractivity contribution in [3.8, 4) is 0 Å². The van der Waals surface area contributed by atoms with E-state index in [0.717, 1.165) is 4.57 Å². The van der Waals surface area contributed by atoms with Crippen LogP contribution in [-0.4, -0.2) is 56.9 Å². The number of amides is 2. The van der Waals surface area contributed by atoms with Crippen LogP contribution < -0.4 is 11.2 Å². The Morgan fingerprint density at radius 3 is 2.22 bits per heavy atom. The van der Waals surface area contributed by atoms with Crippen LogP contribution in [0.15, 0.2) is 33.9 Å². The molecule has 0 spiro atoms. The average Bonchev–Trinajstić information content (AvgIpc) is 2.68. The number of hydrogen-bond acceptors (Lipinski definition) is 4. The van der Waals surface area contributed by atoms with Crippen molar-refractivity contribution in [3.63, 3.8) is 0 Å². The lowest BCUT2D eigenvalue weighted by Crippen LogP contribution is -2.52. The second-order valence-electron chi connectivity index (χ2n) is 6.73. The molecular weight excluding hydrogens is 348 g/mol. The van der Waals surface area contributed by atoms with Crippen LogP contribution in [0.4, 0.5) is 0 Å². The van der Waals surface area contributed by atoms with Gasteiger partial charge in [-0.25, -0.2) is 4.79 Å². The lowest BCUT2D eigenvalue weighted by Gasteiger charge is -2.35. The maximum atomic E-state index is 13.0. The van der Waals surface area contributed by atoms with E-state index in [4.69, 9.17) is 0 Å². The van der Waals surface area contributed by atoms with Gasteiger partial charge in [0.2, 0.25) is 11.8 Å². The molecule has 1 aromatic carbocycles. The maximum absolute atomic E-state index is 13.0. The Hall–Kier alpha value is -2.90. The predicted octanol–water partition coefficient (Wildman–Crippen LogP) is 0.435. The minimum absolute atomic E-state index is 0.00705. The zero-order chi connectivity index (χ0) is 19.7. The minimum atomic E-state index is -0.746. The second-order valence-corrected chi connectivity index (χ2v) is 6.73. The Morgan fingerprint density at radius 2 is 1.63 bits per heavy atom. The summed E-state index contributed by atoms with van der Waals surface area (Å²) in [7, 11) is 0. The molecule has 0 N–H and O–H groups in total. The smallest absolute Gasteiger partial charge is 0.332 e. The van der Waals surface area contributed by atoms with E-state index in [1.165, 1.54) is 11.5 Å². The largest absolute Gasteiger partial charge is 0.339 e. The highest BCUT2D eigenvalue weighted by atomic mass is 16.2. The Morgan fingerprint density at radius 1 is 1.04 bits per heavy atom. The summed E-state index contributed by atoms with van der Waals surface area (Å²) in [5.74, 6) is -0.195. The molecule has 0 radical (unpaired) electrons. The molecule has 0 aliphatic carbocycles. The van der Waals surface area contributed by atoms with Gasteiger partial charge in [-0.05, 0) is 26.0 Å². The van der Waals surface area contributed by atoms with Gasteiger partial charge < -0.3 is 9.80 Å². The van der Waals surface area contributed by atoms with Gasteiger partial charge in [-0.15, -0.1) is 0 Å². The monoisotopic (exact) mass is 372 g/mol. The number of hydrogen-bond donors (Lipinski definition) is 0. The van der Waals surface area contributed by atoms with Crippen molar-refractivity contribution in [2.45, 2.75) is 33.4 Å². The summed E-state index contributed by atoms with van der Waals surface area (Å²) in [6.07, 6.45) is 0. The van der Waals surface area contributed by atoms with E-state index >= 15 is 0 Å². The van der Waals surface area contributed by atoms with Crippen LogP contribution >= 0.6 is 0 Å². The third kappa shape index (κ3) is 3.27. The predicted molar refractivity (Wildman–Crippen MR) is 102 cm³/mol. The van der Waals surface area contributed by atoms with E-state index in [1.54, 1.807) is 47.9 Å².